The minimum Gasteiger partial charge on any atom is -0.320 e. The summed E-state index contributed by atoms with van der Waals surface area (Å²) >= 11 is 0. The van der Waals surface area contributed by atoms with Crippen LogP contribution in [0.4, 0.5) is 8.78 Å². The molecule has 1 N–H and O–H groups in total. The van der Waals surface area contributed by atoms with E-state index in [1.165, 1.54) is 18.6 Å². The van der Waals surface area contributed by atoms with Crippen molar-refractivity contribution >= 4 is 0 Å². The molecule has 1 aromatic carbocycles. The minimum atomic E-state index is -0.317. The summed E-state index contributed by atoms with van der Waals surface area (Å²) in [7, 11) is 1.98. The van der Waals surface area contributed by atoms with E-state index in [0.29, 0.717) is 11.1 Å². The lowest BCUT2D eigenvalue weighted by atomic mass is 9.91. The van der Waals surface area contributed by atoms with Gasteiger partial charge in [-0.25, -0.2) is 8.78 Å². The fourth-order valence-corrected chi connectivity index (χ4v) is 3.16. The molecule has 4 heteroatoms. The van der Waals surface area contributed by atoms with Gasteiger partial charge in [-0.2, -0.15) is 0 Å². The smallest absolute Gasteiger partial charge is 0.128 e. The quantitative estimate of drug-likeness (QED) is 0.892. The number of halogens is 2. The number of nitrogens with one attached hydrogen (secondary N) is 1. The molecule has 2 rings (SSSR count). The molecule has 1 atom stereocenters. The monoisotopic (exact) mass is 296 g/mol. The zero-order valence-electron chi connectivity index (χ0n) is 13.3. The van der Waals surface area contributed by atoms with Gasteiger partial charge in [0, 0.05) is 11.6 Å². The zero-order chi connectivity index (χ0) is 15.4. The van der Waals surface area contributed by atoms with Crippen molar-refractivity contribution in [3.8, 4) is 0 Å². The lowest BCUT2D eigenvalue weighted by molar-refractivity contribution is 0.135. The van der Waals surface area contributed by atoms with Gasteiger partial charge in [0.1, 0.15) is 11.6 Å². The van der Waals surface area contributed by atoms with E-state index in [-0.39, 0.29) is 17.7 Å². The van der Waals surface area contributed by atoms with Crippen molar-refractivity contribution in [2.45, 2.75) is 39.2 Å². The Morgan fingerprint density at radius 3 is 2.52 bits per heavy atom. The highest BCUT2D eigenvalue weighted by Gasteiger charge is 2.25. The number of likely N-dealkylation sites (tertiary alicyclic amines) is 1. The van der Waals surface area contributed by atoms with Crippen LogP contribution in [0.1, 0.15) is 43.4 Å². The number of aryl methyl sites for hydroxylation is 1. The molecule has 21 heavy (non-hydrogen) atoms. The fraction of sp³-hybridized carbons (Fsp3) is 0.647. The van der Waals surface area contributed by atoms with E-state index in [0.717, 1.165) is 38.4 Å². The van der Waals surface area contributed by atoms with Gasteiger partial charge in [0.25, 0.3) is 0 Å². The van der Waals surface area contributed by atoms with E-state index in [2.05, 4.69) is 10.2 Å². The van der Waals surface area contributed by atoms with E-state index < -0.39 is 0 Å². The molecule has 118 valence electrons. The van der Waals surface area contributed by atoms with E-state index in [4.69, 9.17) is 0 Å². The Labute approximate surface area is 126 Å². The van der Waals surface area contributed by atoms with Gasteiger partial charge in [-0.15, -0.1) is 0 Å². The van der Waals surface area contributed by atoms with Gasteiger partial charge >= 0.3 is 0 Å². The topological polar surface area (TPSA) is 15.3 Å². The number of benzene rings is 1. The summed E-state index contributed by atoms with van der Waals surface area (Å²) in [5.74, 6) is 0.140. The Hall–Kier alpha value is -1.00. The van der Waals surface area contributed by atoms with Crippen LogP contribution in [0.2, 0.25) is 0 Å². The molecule has 1 heterocycles. The Morgan fingerprint density at radius 1 is 1.24 bits per heavy atom. The van der Waals surface area contributed by atoms with Crippen LogP contribution in [0.3, 0.4) is 0 Å². The van der Waals surface area contributed by atoms with Gasteiger partial charge in [0.2, 0.25) is 0 Å². The normalized spacial score (nSPS) is 18.9. The van der Waals surface area contributed by atoms with Gasteiger partial charge in [0.15, 0.2) is 0 Å². The molecule has 0 spiro atoms. The van der Waals surface area contributed by atoms with Gasteiger partial charge in [0.05, 0.1) is 0 Å². The third kappa shape index (κ3) is 4.01. The summed E-state index contributed by atoms with van der Waals surface area (Å²) in [6.07, 6.45) is 3.48. The summed E-state index contributed by atoms with van der Waals surface area (Å²) in [6.45, 7) is 6.55. The minimum absolute atomic E-state index is 0.0645. The standard InChI is InChI=1S/C17H26F2N2/c1-12-10-17(19)15(11-16(12)18)13(2)21-8-5-14(6-9-21)4-7-20-3/h10-11,13-14,20H,4-9H2,1-3H3. The Balaban J connectivity index is 1.99. The van der Waals surface area contributed by atoms with E-state index in [1.54, 1.807) is 6.92 Å². The summed E-state index contributed by atoms with van der Waals surface area (Å²) in [5.41, 5.74) is 0.848. The van der Waals surface area contributed by atoms with Gasteiger partial charge in [-0.1, -0.05) is 0 Å². The zero-order valence-corrected chi connectivity index (χ0v) is 13.3. The SMILES string of the molecule is CNCCC1CCN(C(C)c2cc(F)c(C)cc2F)CC1. The third-order valence-electron chi connectivity index (χ3n) is 4.73. The van der Waals surface area contributed by atoms with Crippen LogP contribution in [0.25, 0.3) is 0 Å². The predicted molar refractivity (Wildman–Crippen MR) is 82.4 cm³/mol. The summed E-state index contributed by atoms with van der Waals surface area (Å²) in [4.78, 5) is 2.27. The molecule has 1 aromatic rings. The molecule has 1 aliphatic rings. The van der Waals surface area contributed by atoms with E-state index in [1.807, 2.05) is 14.0 Å². The maximum atomic E-state index is 14.1. The summed E-state index contributed by atoms with van der Waals surface area (Å²) in [6, 6.07) is 2.61. The van der Waals surface area contributed by atoms with Crippen molar-refractivity contribution in [1.82, 2.24) is 10.2 Å². The molecule has 1 saturated heterocycles. The lowest BCUT2D eigenvalue weighted by Crippen LogP contribution is -2.36. The first-order chi connectivity index (χ1) is 10.0. The number of hydrogen-bond donors (Lipinski definition) is 1. The molecule has 0 radical (unpaired) electrons. The highest BCUT2D eigenvalue weighted by atomic mass is 19.1. The average Bonchev–Trinajstić information content (AvgIpc) is 2.48. The molecule has 0 aromatic heterocycles. The second-order valence-electron chi connectivity index (χ2n) is 6.17. The second-order valence-corrected chi connectivity index (χ2v) is 6.17. The van der Waals surface area contributed by atoms with Crippen LogP contribution < -0.4 is 5.32 Å². The molecule has 1 aliphatic heterocycles. The number of nitrogens with zero attached hydrogens (tertiary/aromatic N) is 1. The van der Waals surface area contributed by atoms with Crippen LogP contribution in [0, 0.1) is 24.5 Å². The fourth-order valence-electron chi connectivity index (χ4n) is 3.16. The van der Waals surface area contributed by atoms with Crippen LogP contribution in [0.5, 0.6) is 0 Å². The molecule has 2 nitrogen and oxygen atoms in total. The van der Waals surface area contributed by atoms with Crippen LogP contribution in [0.15, 0.2) is 12.1 Å². The Bertz CT molecular complexity index is 468. The van der Waals surface area contributed by atoms with Crippen molar-refractivity contribution in [3.63, 3.8) is 0 Å². The number of hydrogen-bond acceptors (Lipinski definition) is 2. The molecular formula is C17H26F2N2. The molecule has 0 bridgehead atoms. The Morgan fingerprint density at radius 2 is 1.90 bits per heavy atom. The first-order valence-corrected chi connectivity index (χ1v) is 7.87. The van der Waals surface area contributed by atoms with Crippen LogP contribution >= 0.6 is 0 Å². The molecule has 0 aliphatic carbocycles. The van der Waals surface area contributed by atoms with E-state index >= 15 is 0 Å². The van der Waals surface area contributed by atoms with Crippen molar-refractivity contribution in [2.24, 2.45) is 5.92 Å². The number of rotatable bonds is 5. The lowest BCUT2D eigenvalue weighted by Gasteiger charge is -2.36. The summed E-state index contributed by atoms with van der Waals surface area (Å²) in [5, 5.41) is 3.19. The van der Waals surface area contributed by atoms with E-state index in [9.17, 15) is 8.78 Å². The second kappa shape index (κ2) is 7.32. The van der Waals surface area contributed by atoms with Crippen molar-refractivity contribution in [2.75, 3.05) is 26.7 Å². The molecular weight excluding hydrogens is 270 g/mol. The highest BCUT2D eigenvalue weighted by molar-refractivity contribution is 5.27. The van der Waals surface area contributed by atoms with Crippen LogP contribution in [-0.2, 0) is 0 Å². The molecule has 1 fully saturated rings. The van der Waals surface area contributed by atoms with Crippen molar-refractivity contribution in [3.05, 3.63) is 34.9 Å². The van der Waals surface area contributed by atoms with Gasteiger partial charge in [-0.05, 0) is 83.4 Å². The average molecular weight is 296 g/mol. The van der Waals surface area contributed by atoms with Gasteiger partial charge in [-0.3, -0.25) is 4.90 Å². The van der Waals surface area contributed by atoms with Crippen LogP contribution in [-0.4, -0.2) is 31.6 Å². The van der Waals surface area contributed by atoms with Gasteiger partial charge < -0.3 is 5.32 Å². The first kappa shape index (κ1) is 16.4. The summed E-state index contributed by atoms with van der Waals surface area (Å²) < 4.78 is 27.8. The maximum Gasteiger partial charge on any atom is 0.128 e. The molecule has 1 unspecified atom stereocenters. The molecule has 0 saturated carbocycles. The molecule has 0 amide bonds. The largest absolute Gasteiger partial charge is 0.320 e. The predicted octanol–water partition coefficient (Wildman–Crippen LogP) is 3.66. The Kier molecular flexibility index (Phi) is 5.71. The van der Waals surface area contributed by atoms with Crippen molar-refractivity contribution in [1.29, 1.82) is 0 Å². The third-order valence-corrected chi connectivity index (χ3v) is 4.73. The first-order valence-electron chi connectivity index (χ1n) is 7.87. The van der Waals surface area contributed by atoms with Crippen molar-refractivity contribution < 1.29 is 8.78 Å². The highest BCUT2D eigenvalue weighted by Crippen LogP contribution is 2.30. The maximum absolute atomic E-state index is 14.1. The number of piperidine rings is 1.